The molecular weight excluding hydrogens is 333 g/mol. The molecule has 1 rings (SSSR count). The fourth-order valence-corrected chi connectivity index (χ4v) is 1.55. The molecule has 0 atom stereocenters. The zero-order valence-electron chi connectivity index (χ0n) is 9.49. The van der Waals surface area contributed by atoms with Crippen LogP contribution in [0.3, 0.4) is 0 Å². The van der Waals surface area contributed by atoms with E-state index in [-0.39, 0.29) is 16.0 Å². The Balaban J connectivity index is 2.99. The van der Waals surface area contributed by atoms with Crippen molar-refractivity contribution in [3.8, 4) is 11.5 Å². The van der Waals surface area contributed by atoms with Gasteiger partial charge in [-0.25, -0.2) is 9.18 Å². The van der Waals surface area contributed by atoms with Crippen LogP contribution in [0.5, 0.6) is 11.5 Å². The molecule has 0 unspecified atom stereocenters. The van der Waals surface area contributed by atoms with Crippen molar-refractivity contribution in [2.45, 2.75) is 13.5 Å². The lowest BCUT2D eigenvalue weighted by atomic mass is 10.3. The molecule has 104 valence electrons. The lowest BCUT2D eigenvalue weighted by Gasteiger charge is -2.11. The van der Waals surface area contributed by atoms with E-state index in [4.69, 9.17) is 9.84 Å². The van der Waals surface area contributed by atoms with Crippen LogP contribution in [0.2, 0.25) is 0 Å². The van der Waals surface area contributed by atoms with Crippen LogP contribution in [0.25, 0.3) is 0 Å². The second-order valence-electron chi connectivity index (χ2n) is 3.29. The predicted octanol–water partition coefficient (Wildman–Crippen LogP) is 3.56. The molecule has 0 saturated heterocycles. The molecule has 1 N–H and O–H groups in total. The van der Waals surface area contributed by atoms with Crippen molar-refractivity contribution in [1.29, 1.82) is 0 Å². The number of hydrogen-bond acceptors (Lipinski definition) is 3. The molecule has 1 aromatic carbocycles. The highest BCUT2D eigenvalue weighted by Gasteiger charge is 2.14. The second-order valence-corrected chi connectivity index (χ2v) is 4.14. The molecule has 0 saturated carbocycles. The monoisotopic (exact) mass is 340 g/mol. The van der Waals surface area contributed by atoms with Crippen LogP contribution < -0.4 is 9.47 Å². The number of alkyl halides is 2. The maximum Gasteiger partial charge on any atom is 0.387 e. The minimum absolute atomic E-state index is 0.00451. The molecule has 0 radical (unpaired) electrons. The van der Waals surface area contributed by atoms with E-state index in [1.165, 1.54) is 6.92 Å². The summed E-state index contributed by atoms with van der Waals surface area (Å²) >= 11 is 2.97. The number of carboxylic acid groups (broad SMARTS) is 1. The van der Waals surface area contributed by atoms with Crippen molar-refractivity contribution in [2.24, 2.45) is 0 Å². The van der Waals surface area contributed by atoms with Gasteiger partial charge in [0.25, 0.3) is 0 Å². The number of aliphatic carboxylic acids is 1. The number of carbonyl (C=O) groups is 1. The van der Waals surface area contributed by atoms with Crippen LogP contribution in [-0.2, 0) is 4.79 Å². The van der Waals surface area contributed by atoms with Gasteiger partial charge < -0.3 is 14.6 Å². The summed E-state index contributed by atoms with van der Waals surface area (Å²) in [7, 11) is 0. The topological polar surface area (TPSA) is 55.8 Å². The Morgan fingerprint density at radius 3 is 2.58 bits per heavy atom. The zero-order chi connectivity index (χ0) is 14.6. The Bertz CT molecular complexity index is 517. The summed E-state index contributed by atoms with van der Waals surface area (Å²) in [6.07, 6.45) is 0.772. The van der Waals surface area contributed by atoms with Crippen LogP contribution in [-0.4, -0.2) is 17.7 Å². The van der Waals surface area contributed by atoms with Crippen molar-refractivity contribution >= 4 is 21.9 Å². The summed E-state index contributed by atoms with van der Waals surface area (Å²) in [5.74, 6) is -2.99. The van der Waals surface area contributed by atoms with Crippen molar-refractivity contribution in [1.82, 2.24) is 0 Å². The average molecular weight is 341 g/mol. The van der Waals surface area contributed by atoms with Crippen molar-refractivity contribution in [2.75, 3.05) is 0 Å². The lowest BCUT2D eigenvalue weighted by Crippen LogP contribution is -2.04. The van der Waals surface area contributed by atoms with Gasteiger partial charge in [0.1, 0.15) is 11.5 Å². The smallest absolute Gasteiger partial charge is 0.387 e. The SMILES string of the molecule is CC(=CC(=O)O)Oc1cc(F)c(OC(F)F)cc1Br. The van der Waals surface area contributed by atoms with Gasteiger partial charge >= 0.3 is 12.6 Å². The molecule has 0 aliphatic heterocycles. The molecule has 0 fully saturated rings. The highest BCUT2D eigenvalue weighted by atomic mass is 79.9. The Labute approximate surface area is 114 Å². The van der Waals surface area contributed by atoms with Crippen LogP contribution in [0, 0.1) is 5.82 Å². The fourth-order valence-electron chi connectivity index (χ4n) is 1.15. The van der Waals surface area contributed by atoms with E-state index in [0.717, 1.165) is 18.2 Å². The number of allylic oxidation sites excluding steroid dienone is 1. The minimum Gasteiger partial charge on any atom is -0.478 e. The highest BCUT2D eigenvalue weighted by Crippen LogP contribution is 2.33. The summed E-state index contributed by atoms with van der Waals surface area (Å²) < 4.78 is 46.5. The van der Waals surface area contributed by atoms with Crippen molar-refractivity contribution in [3.63, 3.8) is 0 Å². The van der Waals surface area contributed by atoms with Gasteiger partial charge in [-0.15, -0.1) is 0 Å². The molecule has 0 bridgehead atoms. The maximum absolute atomic E-state index is 13.4. The third-order valence-electron chi connectivity index (χ3n) is 1.80. The predicted molar refractivity (Wildman–Crippen MR) is 62.8 cm³/mol. The van der Waals surface area contributed by atoms with Gasteiger partial charge in [0.2, 0.25) is 0 Å². The fraction of sp³-hybridized carbons (Fsp3) is 0.182. The van der Waals surface area contributed by atoms with Gasteiger partial charge in [-0.3, -0.25) is 0 Å². The summed E-state index contributed by atoms with van der Waals surface area (Å²) in [4.78, 5) is 10.4. The molecule has 8 heteroatoms. The molecule has 0 amide bonds. The Morgan fingerprint density at radius 1 is 1.42 bits per heavy atom. The molecule has 0 aromatic heterocycles. The quantitative estimate of drug-likeness (QED) is 0.657. The zero-order valence-corrected chi connectivity index (χ0v) is 11.1. The minimum atomic E-state index is -3.15. The van der Waals surface area contributed by atoms with Crippen molar-refractivity contribution in [3.05, 3.63) is 34.3 Å². The molecule has 19 heavy (non-hydrogen) atoms. The standard InChI is InChI=1S/C11H8BrF3O4/c1-5(2-10(16)17)18-8-4-7(13)9(3-6(8)12)19-11(14)15/h2-4,11H,1H3,(H,16,17). The van der Waals surface area contributed by atoms with Crippen LogP contribution in [0.1, 0.15) is 6.92 Å². The van der Waals surface area contributed by atoms with E-state index < -0.39 is 24.1 Å². The number of rotatable bonds is 5. The van der Waals surface area contributed by atoms with E-state index in [2.05, 4.69) is 20.7 Å². The van der Waals surface area contributed by atoms with Crippen molar-refractivity contribution < 1.29 is 32.5 Å². The highest BCUT2D eigenvalue weighted by molar-refractivity contribution is 9.10. The molecule has 0 spiro atoms. The number of hydrogen-bond donors (Lipinski definition) is 1. The molecule has 0 aliphatic rings. The first-order valence-electron chi connectivity index (χ1n) is 4.82. The Morgan fingerprint density at radius 2 is 2.05 bits per heavy atom. The summed E-state index contributed by atoms with van der Waals surface area (Å²) in [5.41, 5.74) is 0. The number of benzene rings is 1. The Hall–Kier alpha value is -1.70. The first kappa shape index (κ1) is 15.4. The molecule has 0 heterocycles. The third kappa shape index (κ3) is 4.82. The third-order valence-corrected chi connectivity index (χ3v) is 2.42. The van der Waals surface area contributed by atoms with E-state index in [0.29, 0.717) is 0 Å². The first-order valence-corrected chi connectivity index (χ1v) is 5.62. The lowest BCUT2D eigenvalue weighted by molar-refractivity contribution is -0.131. The average Bonchev–Trinajstić information content (AvgIpc) is 2.23. The maximum atomic E-state index is 13.4. The molecule has 1 aromatic rings. The number of ether oxygens (including phenoxy) is 2. The molecule has 4 nitrogen and oxygen atoms in total. The molecular formula is C11H8BrF3O4. The van der Waals surface area contributed by atoms with Gasteiger partial charge in [0.15, 0.2) is 11.6 Å². The summed E-state index contributed by atoms with van der Waals surface area (Å²) in [6.45, 7) is -1.80. The molecule has 0 aliphatic carbocycles. The van der Waals surface area contributed by atoms with Gasteiger partial charge in [0.05, 0.1) is 10.5 Å². The summed E-state index contributed by atoms with van der Waals surface area (Å²) in [5, 5.41) is 8.48. The first-order chi connectivity index (χ1) is 8.79. The van der Waals surface area contributed by atoms with E-state index >= 15 is 0 Å². The normalized spacial score (nSPS) is 11.6. The number of carboxylic acids is 1. The Kier molecular flexibility index (Phi) is 5.22. The van der Waals surface area contributed by atoms with Gasteiger partial charge in [-0.1, -0.05) is 0 Å². The van der Waals surface area contributed by atoms with Crippen LogP contribution in [0.4, 0.5) is 13.2 Å². The van der Waals surface area contributed by atoms with E-state index in [1.807, 2.05) is 0 Å². The van der Waals surface area contributed by atoms with E-state index in [1.54, 1.807) is 0 Å². The van der Waals surface area contributed by atoms with Gasteiger partial charge in [-0.05, 0) is 22.9 Å². The van der Waals surface area contributed by atoms with Gasteiger partial charge in [-0.2, -0.15) is 8.78 Å². The number of halogens is 4. The summed E-state index contributed by atoms with van der Waals surface area (Å²) in [6, 6.07) is 1.77. The van der Waals surface area contributed by atoms with Crippen LogP contribution >= 0.6 is 15.9 Å². The largest absolute Gasteiger partial charge is 0.478 e. The second kappa shape index (κ2) is 6.46. The van der Waals surface area contributed by atoms with Gasteiger partial charge in [0, 0.05) is 12.1 Å². The van der Waals surface area contributed by atoms with E-state index in [9.17, 15) is 18.0 Å². The van der Waals surface area contributed by atoms with Crippen LogP contribution in [0.15, 0.2) is 28.4 Å².